The van der Waals surface area contributed by atoms with Crippen molar-refractivity contribution >= 4 is 27.4 Å². The highest BCUT2D eigenvalue weighted by atomic mass is 32.2. The molecule has 4 rings (SSSR count). The van der Waals surface area contributed by atoms with Gasteiger partial charge in [-0.05, 0) is 42.0 Å². The van der Waals surface area contributed by atoms with E-state index in [0.717, 1.165) is 33.8 Å². The normalized spacial score (nSPS) is 11.6. The fourth-order valence-electron chi connectivity index (χ4n) is 3.87. The van der Waals surface area contributed by atoms with Crippen LogP contribution in [0.3, 0.4) is 0 Å². The molecule has 2 amide bonds. The number of hydrogen-bond acceptors (Lipinski definition) is 5. The van der Waals surface area contributed by atoms with Crippen molar-refractivity contribution in [3.05, 3.63) is 94.9 Å². The number of sulfonamides is 1. The van der Waals surface area contributed by atoms with Gasteiger partial charge in [0, 0.05) is 35.9 Å². The lowest BCUT2D eigenvalue weighted by atomic mass is 10.0. The summed E-state index contributed by atoms with van der Waals surface area (Å²) in [5.41, 5.74) is 3.36. The Morgan fingerprint density at radius 1 is 1.06 bits per heavy atom. The summed E-state index contributed by atoms with van der Waals surface area (Å²) in [6, 6.07) is 18.3. The first-order valence-corrected chi connectivity index (χ1v) is 14.1. The van der Waals surface area contributed by atoms with Gasteiger partial charge in [0.2, 0.25) is 0 Å². The average Bonchev–Trinajstić information content (AvgIpc) is 3.45. The number of urea groups is 1. The molecule has 36 heavy (non-hydrogen) atoms. The van der Waals surface area contributed by atoms with E-state index in [1.165, 1.54) is 11.3 Å². The number of benzene rings is 2. The van der Waals surface area contributed by atoms with E-state index < -0.39 is 16.1 Å². The van der Waals surface area contributed by atoms with Crippen LogP contribution in [0.4, 0.5) is 4.79 Å². The van der Waals surface area contributed by atoms with Crippen molar-refractivity contribution in [2.75, 3.05) is 0 Å². The second kappa shape index (κ2) is 11.1. The largest absolute Gasteiger partial charge is 0.333 e. The maximum Gasteiger partial charge on any atom is 0.328 e. The summed E-state index contributed by atoms with van der Waals surface area (Å²) in [4.78, 5) is 17.7. The van der Waals surface area contributed by atoms with Crippen LogP contribution in [0.2, 0.25) is 0 Å². The Balaban J connectivity index is 1.56. The van der Waals surface area contributed by atoms with Gasteiger partial charge < -0.3 is 9.88 Å². The Hall–Kier alpha value is -3.43. The summed E-state index contributed by atoms with van der Waals surface area (Å²) in [6.45, 7) is 7.06. The second-order valence-electron chi connectivity index (χ2n) is 9.08. The highest BCUT2D eigenvalue weighted by Gasteiger charge is 2.25. The lowest BCUT2D eigenvalue weighted by Crippen LogP contribution is -2.38. The van der Waals surface area contributed by atoms with Gasteiger partial charge in [-0.2, -0.15) is 0 Å². The molecule has 9 heteroatoms. The molecule has 0 bridgehead atoms. The number of carbonyl (C=O) groups is 1. The third-order valence-electron chi connectivity index (χ3n) is 5.67. The molecule has 0 radical (unpaired) electrons. The Morgan fingerprint density at radius 3 is 2.42 bits per heavy atom. The van der Waals surface area contributed by atoms with Gasteiger partial charge >= 0.3 is 6.03 Å². The Bertz CT molecular complexity index is 1420. The molecule has 0 saturated carbocycles. The molecular formula is C27H30N4O3S2. The van der Waals surface area contributed by atoms with Gasteiger partial charge in [0.1, 0.15) is 10.0 Å². The number of nitrogens with one attached hydrogen (secondary N) is 2. The fourth-order valence-corrected chi connectivity index (χ4v) is 6.75. The first-order valence-electron chi connectivity index (χ1n) is 11.8. The van der Waals surface area contributed by atoms with E-state index in [1.807, 2.05) is 78.4 Å². The van der Waals surface area contributed by atoms with Crippen LogP contribution in [0, 0.1) is 12.8 Å². The van der Waals surface area contributed by atoms with Crippen LogP contribution < -0.4 is 10.0 Å². The summed E-state index contributed by atoms with van der Waals surface area (Å²) < 4.78 is 31.0. The van der Waals surface area contributed by atoms with Crippen molar-refractivity contribution in [1.82, 2.24) is 19.6 Å². The van der Waals surface area contributed by atoms with E-state index in [2.05, 4.69) is 28.9 Å². The van der Waals surface area contributed by atoms with Gasteiger partial charge in [-0.3, -0.25) is 0 Å². The van der Waals surface area contributed by atoms with Gasteiger partial charge in [-0.15, -0.1) is 11.3 Å². The monoisotopic (exact) mass is 522 g/mol. The topological polar surface area (TPSA) is 93.1 Å². The molecule has 4 aromatic rings. The van der Waals surface area contributed by atoms with E-state index in [9.17, 15) is 13.2 Å². The van der Waals surface area contributed by atoms with Gasteiger partial charge in [-0.25, -0.2) is 22.9 Å². The van der Waals surface area contributed by atoms with Crippen molar-refractivity contribution in [3.8, 4) is 11.1 Å². The van der Waals surface area contributed by atoms with Crippen molar-refractivity contribution in [2.24, 2.45) is 5.92 Å². The van der Waals surface area contributed by atoms with Crippen LogP contribution >= 0.6 is 11.3 Å². The van der Waals surface area contributed by atoms with Crippen LogP contribution in [0.25, 0.3) is 11.1 Å². The van der Waals surface area contributed by atoms with Gasteiger partial charge in [0.15, 0.2) is 0 Å². The molecule has 0 fully saturated rings. The molecule has 2 aromatic carbocycles. The molecule has 0 aliphatic rings. The molecule has 0 atom stereocenters. The molecule has 0 unspecified atom stereocenters. The highest BCUT2D eigenvalue weighted by molar-refractivity contribution is 7.92. The number of aromatic nitrogens is 2. The summed E-state index contributed by atoms with van der Waals surface area (Å²) in [6.07, 6.45) is 4.45. The first kappa shape index (κ1) is 25.7. The molecule has 2 N–H and O–H groups in total. The summed E-state index contributed by atoms with van der Waals surface area (Å²) in [5, 5.41) is 2.62. The zero-order valence-electron chi connectivity index (χ0n) is 20.6. The zero-order chi connectivity index (χ0) is 25.7. The standard InChI is InChI=1S/C27H30N4O3S2/c1-19(2)15-24-16-25(23-11-9-22(10-12-23)18-31-14-13-28-20(31)3)26(35-24)36(33,34)30-27(32)29-17-21-7-5-4-6-8-21/h4-14,16,19H,15,17-18H2,1-3H3,(H2,29,30,32). The van der Waals surface area contributed by atoms with Crippen molar-refractivity contribution in [2.45, 2.75) is 44.5 Å². The van der Waals surface area contributed by atoms with Crippen LogP contribution in [0.15, 0.2) is 77.3 Å². The van der Waals surface area contributed by atoms with E-state index in [4.69, 9.17) is 0 Å². The molecule has 2 aromatic heterocycles. The summed E-state index contributed by atoms with van der Waals surface area (Å²) in [5.74, 6) is 1.30. The maximum absolute atomic E-state index is 13.3. The third kappa shape index (κ3) is 6.41. The summed E-state index contributed by atoms with van der Waals surface area (Å²) in [7, 11) is -4.07. The van der Waals surface area contributed by atoms with Gasteiger partial charge in [0.25, 0.3) is 10.0 Å². The molecule has 0 aliphatic heterocycles. The predicted molar refractivity (Wildman–Crippen MR) is 143 cm³/mol. The number of nitrogens with zero attached hydrogens (tertiary/aromatic N) is 2. The van der Waals surface area contributed by atoms with E-state index in [1.54, 1.807) is 6.20 Å². The highest BCUT2D eigenvalue weighted by Crippen LogP contribution is 2.36. The SMILES string of the molecule is Cc1nccn1Cc1ccc(-c2cc(CC(C)C)sc2S(=O)(=O)NC(=O)NCc2ccccc2)cc1. The number of rotatable bonds is 9. The molecule has 2 heterocycles. The van der Waals surface area contributed by atoms with Crippen LogP contribution in [0.1, 0.15) is 35.7 Å². The smallest absolute Gasteiger partial charge is 0.328 e. The minimum absolute atomic E-state index is 0.145. The minimum atomic E-state index is -4.07. The maximum atomic E-state index is 13.3. The van der Waals surface area contributed by atoms with E-state index in [0.29, 0.717) is 18.0 Å². The number of aryl methyl sites for hydroxylation is 1. The van der Waals surface area contributed by atoms with Crippen LogP contribution in [-0.4, -0.2) is 24.0 Å². The van der Waals surface area contributed by atoms with Gasteiger partial charge in [0.05, 0.1) is 0 Å². The first-order chi connectivity index (χ1) is 17.2. The molecular weight excluding hydrogens is 492 g/mol. The lowest BCUT2D eigenvalue weighted by Gasteiger charge is -2.10. The molecule has 0 saturated heterocycles. The molecule has 0 spiro atoms. The Kier molecular flexibility index (Phi) is 7.91. The molecule has 7 nitrogen and oxygen atoms in total. The van der Waals surface area contributed by atoms with E-state index >= 15 is 0 Å². The van der Waals surface area contributed by atoms with Crippen molar-refractivity contribution in [3.63, 3.8) is 0 Å². The number of imidazole rings is 1. The van der Waals surface area contributed by atoms with Crippen molar-refractivity contribution < 1.29 is 13.2 Å². The van der Waals surface area contributed by atoms with Gasteiger partial charge in [-0.1, -0.05) is 68.4 Å². The Morgan fingerprint density at radius 2 is 1.78 bits per heavy atom. The Labute approximate surface area is 216 Å². The lowest BCUT2D eigenvalue weighted by molar-refractivity contribution is 0.245. The molecule has 0 aliphatic carbocycles. The van der Waals surface area contributed by atoms with Crippen molar-refractivity contribution in [1.29, 1.82) is 0 Å². The third-order valence-corrected chi connectivity index (χ3v) is 8.69. The summed E-state index contributed by atoms with van der Waals surface area (Å²) >= 11 is 1.21. The van der Waals surface area contributed by atoms with Crippen LogP contribution in [0.5, 0.6) is 0 Å². The quantitative estimate of drug-likeness (QED) is 0.310. The molecule has 188 valence electrons. The number of carbonyl (C=O) groups excluding carboxylic acids is 1. The van der Waals surface area contributed by atoms with Crippen LogP contribution in [-0.2, 0) is 29.5 Å². The second-order valence-corrected chi connectivity index (χ2v) is 12.1. The number of thiophene rings is 1. The number of amides is 2. The predicted octanol–water partition coefficient (Wildman–Crippen LogP) is 5.35. The minimum Gasteiger partial charge on any atom is -0.333 e. The number of hydrogen-bond donors (Lipinski definition) is 2. The van der Waals surface area contributed by atoms with E-state index in [-0.39, 0.29) is 10.8 Å². The average molecular weight is 523 g/mol. The fraction of sp³-hybridized carbons (Fsp3) is 0.259. The zero-order valence-corrected chi connectivity index (χ0v) is 22.2.